The predicted molar refractivity (Wildman–Crippen MR) is 74.4 cm³/mol. The molecule has 2 heterocycles. The summed E-state index contributed by atoms with van der Waals surface area (Å²) < 4.78 is 1.80. The zero-order valence-corrected chi connectivity index (χ0v) is 11.6. The first-order chi connectivity index (χ1) is 9.56. The highest BCUT2D eigenvalue weighted by atomic mass is 32.2. The van der Waals surface area contributed by atoms with Crippen LogP contribution in [0, 0.1) is 0 Å². The second-order valence-corrected chi connectivity index (χ2v) is 5.20. The van der Waals surface area contributed by atoms with Gasteiger partial charge in [0.2, 0.25) is 11.7 Å². The van der Waals surface area contributed by atoms with Crippen molar-refractivity contribution in [1.29, 1.82) is 0 Å². The van der Waals surface area contributed by atoms with Gasteiger partial charge in [0.1, 0.15) is 6.04 Å². The average Bonchev–Trinajstić information content (AvgIpc) is 2.79. The number of fused-ring (bicyclic) bond motifs is 1. The SMILES string of the molecule is CC(=O)N[C@@H](CSCc1cn2cccnc2n1)C(=O)O. The van der Waals surface area contributed by atoms with Gasteiger partial charge in [0.05, 0.1) is 5.69 Å². The third kappa shape index (κ3) is 3.70. The molecule has 20 heavy (non-hydrogen) atoms. The lowest BCUT2D eigenvalue weighted by molar-refractivity contribution is -0.140. The Morgan fingerprint density at radius 1 is 1.55 bits per heavy atom. The lowest BCUT2D eigenvalue weighted by Crippen LogP contribution is -2.41. The number of carboxylic acid groups (broad SMARTS) is 1. The Kier molecular flexibility index (Phi) is 4.57. The van der Waals surface area contributed by atoms with Crippen molar-refractivity contribution >= 4 is 29.4 Å². The van der Waals surface area contributed by atoms with Crippen molar-refractivity contribution in [2.75, 3.05) is 5.75 Å². The molecule has 0 aliphatic rings. The monoisotopic (exact) mass is 294 g/mol. The predicted octanol–water partition coefficient (Wildman–Crippen LogP) is 0.552. The van der Waals surface area contributed by atoms with Crippen LogP contribution in [0.2, 0.25) is 0 Å². The van der Waals surface area contributed by atoms with Crippen LogP contribution < -0.4 is 5.32 Å². The molecule has 1 atom stereocenters. The first-order valence-electron chi connectivity index (χ1n) is 5.92. The molecule has 106 valence electrons. The van der Waals surface area contributed by atoms with Gasteiger partial charge in [-0.2, -0.15) is 11.8 Å². The summed E-state index contributed by atoms with van der Waals surface area (Å²) in [5.41, 5.74) is 0.820. The van der Waals surface area contributed by atoms with Crippen molar-refractivity contribution < 1.29 is 14.7 Å². The van der Waals surface area contributed by atoms with Crippen LogP contribution in [0.4, 0.5) is 0 Å². The highest BCUT2D eigenvalue weighted by Crippen LogP contribution is 2.13. The van der Waals surface area contributed by atoms with Gasteiger partial charge in [0.15, 0.2) is 0 Å². The lowest BCUT2D eigenvalue weighted by atomic mass is 10.3. The minimum absolute atomic E-state index is 0.288. The van der Waals surface area contributed by atoms with Crippen LogP contribution in [0.5, 0.6) is 0 Å². The molecule has 2 N–H and O–H groups in total. The minimum Gasteiger partial charge on any atom is -0.480 e. The van der Waals surface area contributed by atoms with Crippen molar-refractivity contribution in [3.63, 3.8) is 0 Å². The Morgan fingerprint density at radius 3 is 3.00 bits per heavy atom. The second-order valence-electron chi connectivity index (χ2n) is 4.17. The fourth-order valence-corrected chi connectivity index (χ4v) is 2.58. The van der Waals surface area contributed by atoms with E-state index >= 15 is 0 Å². The molecule has 0 radical (unpaired) electrons. The molecule has 0 aliphatic carbocycles. The van der Waals surface area contributed by atoms with E-state index < -0.39 is 12.0 Å². The van der Waals surface area contributed by atoms with Crippen LogP contribution in [0.25, 0.3) is 5.78 Å². The number of aromatic nitrogens is 3. The Hall–Kier alpha value is -2.09. The van der Waals surface area contributed by atoms with Crippen molar-refractivity contribution in [3.8, 4) is 0 Å². The Labute approximate surface area is 119 Å². The van der Waals surface area contributed by atoms with E-state index in [0.29, 0.717) is 11.5 Å². The Morgan fingerprint density at radius 2 is 2.35 bits per heavy atom. The fraction of sp³-hybridized carbons (Fsp3) is 0.333. The number of aliphatic carboxylic acids is 1. The summed E-state index contributed by atoms with van der Waals surface area (Å²) in [6.45, 7) is 1.30. The van der Waals surface area contributed by atoms with Gasteiger partial charge in [-0.1, -0.05) is 0 Å². The van der Waals surface area contributed by atoms with E-state index in [2.05, 4.69) is 15.3 Å². The van der Waals surface area contributed by atoms with Crippen LogP contribution in [0.3, 0.4) is 0 Å². The first-order valence-corrected chi connectivity index (χ1v) is 7.08. The van der Waals surface area contributed by atoms with Crippen molar-refractivity contribution in [2.24, 2.45) is 0 Å². The van der Waals surface area contributed by atoms with Gasteiger partial charge in [-0.25, -0.2) is 14.8 Å². The molecule has 8 heteroatoms. The van der Waals surface area contributed by atoms with Gasteiger partial charge in [0, 0.05) is 37.0 Å². The molecule has 0 bridgehead atoms. The van der Waals surface area contributed by atoms with E-state index in [1.807, 2.05) is 18.5 Å². The van der Waals surface area contributed by atoms with Gasteiger partial charge < -0.3 is 10.4 Å². The number of amides is 1. The maximum Gasteiger partial charge on any atom is 0.327 e. The lowest BCUT2D eigenvalue weighted by Gasteiger charge is -2.11. The van der Waals surface area contributed by atoms with E-state index in [-0.39, 0.29) is 11.7 Å². The van der Waals surface area contributed by atoms with Gasteiger partial charge >= 0.3 is 5.97 Å². The summed E-state index contributed by atoms with van der Waals surface area (Å²) in [6.07, 6.45) is 5.36. The minimum atomic E-state index is -1.04. The van der Waals surface area contributed by atoms with Crippen molar-refractivity contribution in [3.05, 3.63) is 30.4 Å². The molecule has 0 aliphatic heterocycles. The molecule has 0 fully saturated rings. The molecule has 1 amide bonds. The third-order valence-corrected chi connectivity index (χ3v) is 3.56. The molecule has 0 aromatic carbocycles. The second kappa shape index (κ2) is 6.38. The molecule has 7 nitrogen and oxygen atoms in total. The average molecular weight is 294 g/mol. The van der Waals surface area contributed by atoms with Crippen LogP contribution in [-0.4, -0.2) is 43.1 Å². The van der Waals surface area contributed by atoms with Gasteiger partial charge in [-0.3, -0.25) is 9.20 Å². The first kappa shape index (κ1) is 14.3. The topological polar surface area (TPSA) is 96.6 Å². The van der Waals surface area contributed by atoms with E-state index in [1.54, 1.807) is 10.6 Å². The number of nitrogens with one attached hydrogen (secondary N) is 1. The molecular weight excluding hydrogens is 280 g/mol. The van der Waals surface area contributed by atoms with Crippen molar-refractivity contribution in [2.45, 2.75) is 18.7 Å². The number of rotatable bonds is 6. The molecular formula is C12H14N4O3S. The van der Waals surface area contributed by atoms with Gasteiger partial charge in [-0.05, 0) is 6.07 Å². The summed E-state index contributed by atoms with van der Waals surface area (Å²) in [5.74, 6) is 0.0715. The summed E-state index contributed by atoms with van der Waals surface area (Å²) in [5, 5.41) is 11.4. The van der Waals surface area contributed by atoms with Crippen molar-refractivity contribution in [1.82, 2.24) is 19.7 Å². The quantitative estimate of drug-likeness (QED) is 0.807. The van der Waals surface area contributed by atoms with E-state index in [0.717, 1.165) is 5.69 Å². The van der Waals surface area contributed by atoms with Gasteiger partial charge in [-0.15, -0.1) is 0 Å². The standard InChI is InChI=1S/C12H14N4O3S/c1-8(17)14-10(11(18)19)7-20-6-9-5-16-4-2-3-13-12(16)15-9/h2-5,10H,6-7H2,1H3,(H,14,17)(H,18,19)/t10-/m0/s1. The van der Waals surface area contributed by atoms with E-state index in [9.17, 15) is 9.59 Å². The summed E-state index contributed by atoms with van der Waals surface area (Å²) in [4.78, 5) is 30.3. The molecule has 2 rings (SSSR count). The largest absolute Gasteiger partial charge is 0.480 e. The molecule has 2 aromatic heterocycles. The maximum absolute atomic E-state index is 11.0. The molecule has 0 saturated carbocycles. The third-order valence-electron chi connectivity index (χ3n) is 2.50. The number of carbonyl (C=O) groups is 2. The molecule has 0 saturated heterocycles. The molecule has 2 aromatic rings. The number of imidazole rings is 1. The molecule has 0 unspecified atom stereocenters. The number of hydrogen-bond donors (Lipinski definition) is 2. The number of carboxylic acids is 1. The van der Waals surface area contributed by atoms with Crippen LogP contribution in [-0.2, 0) is 15.3 Å². The van der Waals surface area contributed by atoms with Crippen LogP contribution >= 0.6 is 11.8 Å². The summed E-state index contributed by atoms with van der Waals surface area (Å²) >= 11 is 1.40. The Bertz CT molecular complexity index is 595. The number of carbonyl (C=O) groups excluding carboxylic acids is 1. The highest BCUT2D eigenvalue weighted by Gasteiger charge is 2.18. The smallest absolute Gasteiger partial charge is 0.327 e. The van der Waals surface area contributed by atoms with Gasteiger partial charge in [0.25, 0.3) is 0 Å². The van der Waals surface area contributed by atoms with Crippen LogP contribution in [0.1, 0.15) is 12.6 Å². The van der Waals surface area contributed by atoms with E-state index in [4.69, 9.17) is 5.11 Å². The molecule has 0 spiro atoms. The maximum atomic E-state index is 11.0. The van der Waals surface area contributed by atoms with E-state index in [1.165, 1.54) is 18.7 Å². The normalized spacial score (nSPS) is 12.2. The zero-order chi connectivity index (χ0) is 14.5. The summed E-state index contributed by atoms with van der Waals surface area (Å²) in [6, 6.07) is 0.927. The summed E-state index contributed by atoms with van der Waals surface area (Å²) in [7, 11) is 0. The number of thioether (sulfide) groups is 1. The Balaban J connectivity index is 1.91. The number of hydrogen-bond acceptors (Lipinski definition) is 5. The fourth-order valence-electron chi connectivity index (χ4n) is 1.65. The zero-order valence-electron chi connectivity index (χ0n) is 10.8. The van der Waals surface area contributed by atoms with Crippen LogP contribution in [0.15, 0.2) is 24.7 Å². The number of nitrogens with zero attached hydrogens (tertiary/aromatic N) is 3. The highest BCUT2D eigenvalue weighted by molar-refractivity contribution is 7.98.